The number of fused-ring (bicyclic) bond motifs is 1. The van der Waals surface area contributed by atoms with Crippen molar-refractivity contribution >= 4 is 40.2 Å². The zero-order chi connectivity index (χ0) is 29.9. The Hall–Kier alpha value is -3.83. The fraction of sp³-hybridized carbons (Fsp3) is 0.323. The predicted octanol–water partition coefficient (Wildman–Crippen LogP) is 5.80. The number of carboxylic acid groups (broad SMARTS) is 1. The minimum atomic E-state index is -0.951. The van der Waals surface area contributed by atoms with E-state index in [4.69, 9.17) is 37.3 Å². The van der Waals surface area contributed by atoms with Gasteiger partial charge in [0.05, 0.1) is 53.3 Å². The lowest BCUT2D eigenvalue weighted by Crippen LogP contribution is -2.45. The molecule has 10 nitrogen and oxygen atoms in total. The highest BCUT2D eigenvalue weighted by atomic mass is 35.5. The van der Waals surface area contributed by atoms with Crippen LogP contribution in [0.4, 0.5) is 0 Å². The molecule has 43 heavy (non-hydrogen) atoms. The summed E-state index contributed by atoms with van der Waals surface area (Å²) in [5, 5.41) is 10.6. The van der Waals surface area contributed by atoms with E-state index in [9.17, 15) is 9.90 Å². The first kappa shape index (κ1) is 29.3. The summed E-state index contributed by atoms with van der Waals surface area (Å²) in [6.07, 6.45) is 3.68. The Morgan fingerprint density at radius 2 is 1.74 bits per heavy atom. The van der Waals surface area contributed by atoms with Crippen LogP contribution in [-0.4, -0.2) is 66.2 Å². The number of carbonyl (C=O) groups is 1. The number of carboxylic acids is 1. The molecule has 3 aromatic heterocycles. The van der Waals surface area contributed by atoms with E-state index in [1.807, 2.05) is 24.7 Å². The lowest BCUT2D eigenvalue weighted by molar-refractivity contribution is 0.0697. The highest BCUT2D eigenvalue weighted by molar-refractivity contribution is 6.35. The number of piperazine rings is 1. The maximum absolute atomic E-state index is 11.7. The zero-order valence-electron chi connectivity index (χ0n) is 23.7. The number of furan rings is 1. The SMILES string of the molecule is CCn1cncc1Cn1c(CN2CCN(Cc3ccc(COc4ccc(Cl)cc4Cl)o3)CC2)nc2ccc(C(=O)O)cc21. The normalized spacial score (nSPS) is 14.5. The van der Waals surface area contributed by atoms with Gasteiger partial charge in [-0.1, -0.05) is 23.2 Å². The standard InChI is InChI=1S/C31H32Cl2N6O4/c1-2-38-20-34-15-23(38)16-39-28-13-21(31(40)41)3-7-27(28)35-30(39)18-37-11-9-36(10-12-37)17-24-5-6-25(43-24)19-42-29-8-4-22(32)14-26(29)33/h3-8,13-15,20H,2,9-12,16-19H2,1H3,(H,40,41). The molecule has 4 heterocycles. The zero-order valence-corrected chi connectivity index (χ0v) is 25.3. The van der Waals surface area contributed by atoms with Crippen molar-refractivity contribution in [3.63, 3.8) is 0 Å². The molecule has 12 heteroatoms. The first-order valence-corrected chi connectivity index (χ1v) is 14.9. The number of aromatic carboxylic acids is 1. The fourth-order valence-corrected chi connectivity index (χ4v) is 5.84. The number of ether oxygens (including phenoxy) is 1. The van der Waals surface area contributed by atoms with Crippen LogP contribution in [0.25, 0.3) is 11.0 Å². The maximum Gasteiger partial charge on any atom is 0.335 e. The number of nitrogens with zero attached hydrogens (tertiary/aromatic N) is 6. The third kappa shape index (κ3) is 6.73. The second-order valence-electron chi connectivity index (χ2n) is 10.6. The van der Waals surface area contributed by atoms with Crippen LogP contribution in [0.3, 0.4) is 0 Å². The highest BCUT2D eigenvalue weighted by Crippen LogP contribution is 2.28. The summed E-state index contributed by atoms with van der Waals surface area (Å²) in [5.41, 5.74) is 2.90. The van der Waals surface area contributed by atoms with Gasteiger partial charge >= 0.3 is 5.97 Å². The molecule has 0 saturated carbocycles. The summed E-state index contributed by atoms with van der Waals surface area (Å²) in [6.45, 7) is 8.64. The number of halogens is 2. The molecule has 0 unspecified atom stereocenters. The van der Waals surface area contributed by atoms with Crippen LogP contribution in [0.5, 0.6) is 5.75 Å². The summed E-state index contributed by atoms with van der Waals surface area (Å²) in [5.74, 6) is 2.14. The molecule has 1 N–H and O–H groups in total. The second kappa shape index (κ2) is 12.8. The molecule has 5 aromatic rings. The topological polar surface area (TPSA) is 102 Å². The first-order chi connectivity index (χ1) is 20.9. The molecule has 1 aliphatic rings. The Kier molecular flexibility index (Phi) is 8.71. The van der Waals surface area contributed by atoms with Crippen molar-refractivity contribution in [2.45, 2.75) is 39.7 Å². The largest absolute Gasteiger partial charge is 0.484 e. The van der Waals surface area contributed by atoms with E-state index in [2.05, 4.69) is 30.8 Å². The quantitative estimate of drug-likeness (QED) is 0.197. The number of aryl methyl sites for hydroxylation is 1. The second-order valence-corrected chi connectivity index (χ2v) is 11.4. The number of aromatic nitrogens is 4. The summed E-state index contributed by atoms with van der Waals surface area (Å²) >= 11 is 12.2. The third-order valence-electron chi connectivity index (χ3n) is 7.72. The van der Waals surface area contributed by atoms with E-state index in [-0.39, 0.29) is 12.2 Å². The first-order valence-electron chi connectivity index (χ1n) is 14.2. The van der Waals surface area contributed by atoms with Crippen LogP contribution in [0.1, 0.15) is 40.3 Å². The third-order valence-corrected chi connectivity index (χ3v) is 8.25. The van der Waals surface area contributed by atoms with Gasteiger partial charge in [0.25, 0.3) is 0 Å². The fourth-order valence-electron chi connectivity index (χ4n) is 5.38. The predicted molar refractivity (Wildman–Crippen MR) is 164 cm³/mol. The molecule has 224 valence electrons. The molecule has 0 bridgehead atoms. The molecule has 1 saturated heterocycles. The van der Waals surface area contributed by atoms with Crippen LogP contribution < -0.4 is 4.74 Å². The van der Waals surface area contributed by atoms with E-state index < -0.39 is 5.97 Å². The molecule has 6 rings (SSSR count). The van der Waals surface area contributed by atoms with Crippen LogP contribution in [-0.2, 0) is 32.8 Å². The van der Waals surface area contributed by atoms with Crippen molar-refractivity contribution in [2.75, 3.05) is 26.2 Å². The Labute approximate surface area is 259 Å². The average Bonchev–Trinajstić information content (AvgIpc) is 3.72. The minimum Gasteiger partial charge on any atom is -0.484 e. The lowest BCUT2D eigenvalue weighted by Gasteiger charge is -2.34. The smallest absolute Gasteiger partial charge is 0.335 e. The molecule has 2 aromatic carbocycles. The van der Waals surface area contributed by atoms with E-state index >= 15 is 0 Å². The molecule has 0 amide bonds. The van der Waals surface area contributed by atoms with Gasteiger partial charge in [-0.2, -0.15) is 0 Å². The van der Waals surface area contributed by atoms with Crippen molar-refractivity contribution in [3.05, 3.63) is 99.7 Å². The Bertz CT molecular complexity index is 1740. The van der Waals surface area contributed by atoms with Gasteiger partial charge < -0.3 is 23.4 Å². The van der Waals surface area contributed by atoms with E-state index in [0.29, 0.717) is 35.4 Å². The van der Waals surface area contributed by atoms with Crippen LogP contribution in [0.15, 0.2) is 65.5 Å². The van der Waals surface area contributed by atoms with Gasteiger partial charge in [-0.15, -0.1) is 0 Å². The number of hydrogen-bond acceptors (Lipinski definition) is 7. The Morgan fingerprint density at radius 3 is 2.49 bits per heavy atom. The molecule has 0 spiro atoms. The van der Waals surface area contributed by atoms with Crippen LogP contribution >= 0.6 is 23.2 Å². The van der Waals surface area contributed by atoms with Crippen molar-refractivity contribution in [3.8, 4) is 5.75 Å². The van der Waals surface area contributed by atoms with Crippen LogP contribution in [0, 0.1) is 0 Å². The number of hydrogen-bond donors (Lipinski definition) is 1. The van der Waals surface area contributed by atoms with Crippen molar-refractivity contribution in [1.29, 1.82) is 0 Å². The van der Waals surface area contributed by atoms with Gasteiger partial charge in [0.1, 0.15) is 29.7 Å². The monoisotopic (exact) mass is 622 g/mol. The summed E-state index contributed by atoms with van der Waals surface area (Å²) in [6, 6.07) is 14.2. The molecule has 0 atom stereocenters. The molecule has 0 radical (unpaired) electrons. The number of rotatable bonds is 11. The van der Waals surface area contributed by atoms with Crippen molar-refractivity contribution in [2.24, 2.45) is 0 Å². The van der Waals surface area contributed by atoms with E-state index in [1.165, 1.54) is 0 Å². The van der Waals surface area contributed by atoms with E-state index in [1.54, 1.807) is 36.4 Å². The van der Waals surface area contributed by atoms with Gasteiger partial charge in [-0.05, 0) is 55.5 Å². The maximum atomic E-state index is 11.7. The van der Waals surface area contributed by atoms with E-state index in [0.717, 1.165) is 66.8 Å². The van der Waals surface area contributed by atoms with Gasteiger partial charge in [0.15, 0.2) is 0 Å². The summed E-state index contributed by atoms with van der Waals surface area (Å²) in [4.78, 5) is 25.7. The number of imidazole rings is 2. The Balaban J connectivity index is 1.08. The average molecular weight is 624 g/mol. The van der Waals surface area contributed by atoms with Gasteiger partial charge in [-0.25, -0.2) is 14.8 Å². The van der Waals surface area contributed by atoms with Gasteiger partial charge in [0.2, 0.25) is 0 Å². The van der Waals surface area contributed by atoms with Gasteiger partial charge in [-0.3, -0.25) is 9.80 Å². The van der Waals surface area contributed by atoms with Crippen LogP contribution in [0.2, 0.25) is 10.0 Å². The lowest BCUT2D eigenvalue weighted by atomic mass is 10.2. The van der Waals surface area contributed by atoms with Crippen molar-refractivity contribution < 1.29 is 19.1 Å². The Morgan fingerprint density at radius 1 is 0.977 bits per heavy atom. The summed E-state index contributed by atoms with van der Waals surface area (Å²) in [7, 11) is 0. The molecular weight excluding hydrogens is 591 g/mol. The molecule has 0 aliphatic carbocycles. The molecule has 1 fully saturated rings. The molecular formula is C31H32Cl2N6O4. The highest BCUT2D eigenvalue weighted by Gasteiger charge is 2.22. The minimum absolute atomic E-state index is 0.249. The number of benzene rings is 2. The summed E-state index contributed by atoms with van der Waals surface area (Å²) < 4.78 is 16.0. The van der Waals surface area contributed by atoms with Gasteiger partial charge in [0, 0.05) is 43.9 Å². The molecule has 1 aliphatic heterocycles. The van der Waals surface area contributed by atoms with Crippen molar-refractivity contribution in [1.82, 2.24) is 28.9 Å².